The van der Waals surface area contributed by atoms with Crippen molar-refractivity contribution in [1.29, 1.82) is 0 Å². The molecule has 1 aromatic rings. The van der Waals surface area contributed by atoms with Crippen molar-refractivity contribution in [3.8, 4) is 0 Å². The first-order chi connectivity index (χ1) is 10.8. The zero-order chi connectivity index (χ0) is 17.5. The molecule has 0 aliphatic carbocycles. The van der Waals surface area contributed by atoms with Crippen molar-refractivity contribution in [3.05, 3.63) is 34.4 Å². The van der Waals surface area contributed by atoms with Gasteiger partial charge in [-0.3, -0.25) is 14.9 Å². The number of nitrogens with one attached hydrogen (secondary N) is 2. The molecule has 10 heteroatoms. The molecular formula is C13H19N3O6S. The van der Waals surface area contributed by atoms with Gasteiger partial charge >= 0.3 is 5.97 Å². The molecule has 1 rings (SSSR count). The first-order valence-corrected chi connectivity index (χ1v) is 8.41. The third-order valence-electron chi connectivity index (χ3n) is 2.86. The lowest BCUT2D eigenvalue weighted by molar-refractivity contribution is -0.387. The zero-order valence-corrected chi connectivity index (χ0v) is 13.6. The second-order valence-electron chi connectivity index (χ2n) is 4.55. The zero-order valence-electron chi connectivity index (χ0n) is 12.8. The second kappa shape index (κ2) is 8.56. The summed E-state index contributed by atoms with van der Waals surface area (Å²) < 4.78 is 31.3. The SMILES string of the molecule is CCOC(=O)C(C)NCCNS(=O)(=O)c1ccccc1[N+](=O)[O-]. The van der Waals surface area contributed by atoms with E-state index in [4.69, 9.17) is 4.74 Å². The number of esters is 1. The van der Waals surface area contributed by atoms with Crippen LogP contribution in [0.3, 0.4) is 0 Å². The summed E-state index contributed by atoms with van der Waals surface area (Å²) in [5.74, 6) is -0.436. The Kier molecular flexibility index (Phi) is 7.07. The van der Waals surface area contributed by atoms with Gasteiger partial charge in [-0.15, -0.1) is 0 Å². The number of nitro groups is 1. The molecule has 0 bridgehead atoms. The normalized spacial score (nSPS) is 12.6. The number of nitro benzene ring substituents is 1. The molecule has 1 atom stereocenters. The number of nitrogens with zero attached hydrogens (tertiary/aromatic N) is 1. The number of carbonyl (C=O) groups excluding carboxylic acids is 1. The van der Waals surface area contributed by atoms with E-state index in [1.54, 1.807) is 13.8 Å². The first-order valence-electron chi connectivity index (χ1n) is 6.92. The molecule has 0 saturated carbocycles. The van der Waals surface area contributed by atoms with Crippen molar-refractivity contribution in [2.24, 2.45) is 0 Å². The highest BCUT2D eigenvalue weighted by atomic mass is 32.2. The molecule has 0 saturated heterocycles. The monoisotopic (exact) mass is 345 g/mol. The summed E-state index contributed by atoms with van der Waals surface area (Å²) in [5, 5.41) is 13.7. The molecule has 1 unspecified atom stereocenters. The van der Waals surface area contributed by atoms with Gasteiger partial charge in [0, 0.05) is 19.2 Å². The molecular weight excluding hydrogens is 326 g/mol. The van der Waals surface area contributed by atoms with E-state index < -0.39 is 37.5 Å². The van der Waals surface area contributed by atoms with E-state index in [2.05, 4.69) is 10.0 Å². The second-order valence-corrected chi connectivity index (χ2v) is 6.29. The van der Waals surface area contributed by atoms with E-state index in [1.165, 1.54) is 12.1 Å². The summed E-state index contributed by atoms with van der Waals surface area (Å²) in [5.41, 5.74) is -0.493. The minimum absolute atomic E-state index is 0.0296. The summed E-state index contributed by atoms with van der Waals surface area (Å²) in [6.07, 6.45) is 0. The lowest BCUT2D eigenvalue weighted by atomic mass is 10.3. The van der Waals surface area contributed by atoms with Crippen molar-refractivity contribution < 1.29 is 22.9 Å². The Morgan fingerprint density at radius 3 is 2.61 bits per heavy atom. The maximum Gasteiger partial charge on any atom is 0.322 e. The predicted octanol–water partition coefficient (Wildman–Crippen LogP) is 0.414. The minimum Gasteiger partial charge on any atom is -0.465 e. The lowest BCUT2D eigenvalue weighted by Gasteiger charge is -2.13. The van der Waals surface area contributed by atoms with Crippen LogP contribution in [-0.2, 0) is 19.6 Å². The Morgan fingerprint density at radius 2 is 2.00 bits per heavy atom. The van der Waals surface area contributed by atoms with Gasteiger partial charge in [-0.1, -0.05) is 12.1 Å². The van der Waals surface area contributed by atoms with Crippen LogP contribution in [0.15, 0.2) is 29.2 Å². The average Bonchev–Trinajstić information content (AvgIpc) is 2.51. The van der Waals surface area contributed by atoms with Crippen LogP contribution in [0.25, 0.3) is 0 Å². The van der Waals surface area contributed by atoms with Crippen LogP contribution in [0.1, 0.15) is 13.8 Å². The van der Waals surface area contributed by atoms with Crippen molar-refractivity contribution in [2.75, 3.05) is 19.7 Å². The first kappa shape index (κ1) is 19.0. The van der Waals surface area contributed by atoms with Crippen LogP contribution in [0.5, 0.6) is 0 Å². The maximum absolute atomic E-state index is 12.1. The fraction of sp³-hybridized carbons (Fsp3) is 0.462. The highest BCUT2D eigenvalue weighted by Gasteiger charge is 2.24. The summed E-state index contributed by atoms with van der Waals surface area (Å²) >= 11 is 0. The summed E-state index contributed by atoms with van der Waals surface area (Å²) in [6, 6.07) is 4.50. The molecule has 0 aliphatic heterocycles. The summed E-state index contributed by atoms with van der Waals surface area (Å²) in [4.78, 5) is 21.1. The third-order valence-corrected chi connectivity index (χ3v) is 4.37. The highest BCUT2D eigenvalue weighted by Crippen LogP contribution is 2.22. The van der Waals surface area contributed by atoms with Crippen LogP contribution < -0.4 is 10.0 Å². The van der Waals surface area contributed by atoms with Crippen molar-refractivity contribution in [2.45, 2.75) is 24.8 Å². The van der Waals surface area contributed by atoms with Crippen LogP contribution in [-0.4, -0.2) is 45.0 Å². The van der Waals surface area contributed by atoms with Gasteiger partial charge in [0.2, 0.25) is 10.0 Å². The number of hydrogen-bond acceptors (Lipinski definition) is 7. The van der Waals surface area contributed by atoms with E-state index >= 15 is 0 Å². The fourth-order valence-electron chi connectivity index (χ4n) is 1.74. The van der Waals surface area contributed by atoms with Gasteiger partial charge in [0.05, 0.1) is 11.5 Å². The molecule has 0 fully saturated rings. The van der Waals surface area contributed by atoms with E-state index in [0.29, 0.717) is 0 Å². The average molecular weight is 345 g/mol. The Morgan fingerprint density at radius 1 is 1.35 bits per heavy atom. The van der Waals surface area contributed by atoms with Gasteiger partial charge in [0.25, 0.3) is 5.69 Å². The van der Waals surface area contributed by atoms with Crippen LogP contribution in [0.4, 0.5) is 5.69 Å². The highest BCUT2D eigenvalue weighted by molar-refractivity contribution is 7.89. The molecule has 2 N–H and O–H groups in total. The third kappa shape index (κ3) is 5.58. The number of sulfonamides is 1. The van der Waals surface area contributed by atoms with E-state index in [9.17, 15) is 23.3 Å². The number of ether oxygens (including phenoxy) is 1. The van der Waals surface area contributed by atoms with Crippen LogP contribution in [0.2, 0.25) is 0 Å². The van der Waals surface area contributed by atoms with Crippen molar-refractivity contribution in [3.63, 3.8) is 0 Å². The lowest BCUT2D eigenvalue weighted by Crippen LogP contribution is -2.40. The quantitative estimate of drug-likeness (QED) is 0.287. The molecule has 0 amide bonds. The number of rotatable bonds is 9. The van der Waals surface area contributed by atoms with E-state index in [-0.39, 0.29) is 19.7 Å². The van der Waals surface area contributed by atoms with Crippen molar-refractivity contribution >= 4 is 21.7 Å². The van der Waals surface area contributed by atoms with Crippen molar-refractivity contribution in [1.82, 2.24) is 10.0 Å². The molecule has 0 radical (unpaired) electrons. The van der Waals surface area contributed by atoms with Gasteiger partial charge in [0.1, 0.15) is 6.04 Å². The molecule has 0 aromatic heterocycles. The molecule has 128 valence electrons. The molecule has 0 heterocycles. The summed E-state index contributed by atoms with van der Waals surface area (Å²) in [6.45, 7) is 3.67. The fourth-order valence-corrected chi connectivity index (χ4v) is 2.94. The molecule has 9 nitrogen and oxygen atoms in total. The summed E-state index contributed by atoms with van der Waals surface area (Å²) in [7, 11) is -4.01. The van der Waals surface area contributed by atoms with Gasteiger partial charge in [-0.25, -0.2) is 13.1 Å². The van der Waals surface area contributed by atoms with Gasteiger partial charge in [0.15, 0.2) is 4.90 Å². The van der Waals surface area contributed by atoms with Gasteiger partial charge in [-0.05, 0) is 19.9 Å². The standard InChI is InChI=1S/C13H19N3O6S/c1-3-22-13(17)10(2)14-8-9-15-23(20,21)12-7-5-4-6-11(12)16(18)19/h4-7,10,14-15H,3,8-9H2,1-2H3. The van der Waals surface area contributed by atoms with Gasteiger partial charge < -0.3 is 10.1 Å². The Bertz CT molecular complexity index is 661. The number of benzene rings is 1. The minimum atomic E-state index is -4.01. The Labute approximate surface area is 134 Å². The molecule has 0 spiro atoms. The molecule has 0 aliphatic rings. The molecule has 1 aromatic carbocycles. The maximum atomic E-state index is 12.1. The Hall–Kier alpha value is -2.04. The predicted molar refractivity (Wildman–Crippen MR) is 82.4 cm³/mol. The number of hydrogen-bond donors (Lipinski definition) is 2. The van der Waals surface area contributed by atoms with Gasteiger partial charge in [-0.2, -0.15) is 0 Å². The Balaban J connectivity index is 2.61. The number of carbonyl (C=O) groups is 1. The van der Waals surface area contributed by atoms with E-state index in [0.717, 1.165) is 12.1 Å². The topological polar surface area (TPSA) is 128 Å². The van der Waals surface area contributed by atoms with E-state index in [1.807, 2.05) is 0 Å². The number of para-hydroxylation sites is 1. The van der Waals surface area contributed by atoms with Crippen LogP contribution >= 0.6 is 0 Å². The van der Waals surface area contributed by atoms with Crippen LogP contribution in [0, 0.1) is 10.1 Å². The largest absolute Gasteiger partial charge is 0.465 e. The smallest absolute Gasteiger partial charge is 0.322 e. The molecule has 23 heavy (non-hydrogen) atoms.